The van der Waals surface area contributed by atoms with E-state index in [1.807, 2.05) is 0 Å². The average molecular weight is 377 g/mol. The molecule has 1 heterocycles. The molecule has 0 aromatic heterocycles. The zero-order valence-electron chi connectivity index (χ0n) is 16.5. The zero-order chi connectivity index (χ0) is 19.0. The van der Waals surface area contributed by atoms with E-state index in [1.54, 1.807) is 5.19 Å². The smallest absolute Gasteiger partial charge is 0.267 e. The maximum atomic E-state index is 12.6. The molecular formula is C22H26NOSi2. The van der Waals surface area contributed by atoms with Crippen LogP contribution in [-0.2, 0) is 6.42 Å². The number of nitrogens with one attached hydrogen (secondary N) is 1. The molecule has 1 N–H and O–H groups in total. The molecule has 133 valence electrons. The summed E-state index contributed by atoms with van der Waals surface area (Å²) >= 11 is 0. The summed E-state index contributed by atoms with van der Waals surface area (Å²) in [6.45, 7) is 14.2. The van der Waals surface area contributed by atoms with Gasteiger partial charge in [-0.2, -0.15) is 0 Å². The van der Waals surface area contributed by atoms with Crippen molar-refractivity contribution in [3.8, 4) is 11.1 Å². The van der Waals surface area contributed by atoms with Gasteiger partial charge in [0.2, 0.25) is 0 Å². The summed E-state index contributed by atoms with van der Waals surface area (Å²) in [5, 5.41) is 2.81. The highest BCUT2D eigenvalue weighted by atomic mass is 29.3. The van der Waals surface area contributed by atoms with Gasteiger partial charge < -0.3 is 0 Å². The van der Waals surface area contributed by atoms with Gasteiger partial charge in [0.15, 0.2) is 0 Å². The fourth-order valence-electron chi connectivity index (χ4n) is 5.45. The second-order valence-corrected chi connectivity index (χ2v) is 23.8. The van der Waals surface area contributed by atoms with Gasteiger partial charge in [-0.1, -0.05) is 67.3 Å². The van der Waals surface area contributed by atoms with Crippen molar-refractivity contribution in [1.29, 1.82) is 0 Å². The summed E-state index contributed by atoms with van der Waals surface area (Å²) in [6.07, 6.45) is 5.34. The van der Waals surface area contributed by atoms with Crippen LogP contribution < -0.4 is 16.1 Å². The minimum atomic E-state index is -1.78. The topological polar surface area (TPSA) is 40.9 Å². The Morgan fingerprint density at radius 2 is 1.65 bits per heavy atom. The van der Waals surface area contributed by atoms with Crippen molar-refractivity contribution < 1.29 is 4.79 Å². The van der Waals surface area contributed by atoms with E-state index in [4.69, 9.17) is 5.73 Å². The fourth-order valence-corrected chi connectivity index (χ4v) is 16.7. The van der Waals surface area contributed by atoms with E-state index in [0.717, 1.165) is 17.5 Å². The van der Waals surface area contributed by atoms with Gasteiger partial charge in [0.05, 0.1) is 15.2 Å². The van der Waals surface area contributed by atoms with Crippen molar-refractivity contribution in [3.05, 3.63) is 52.1 Å². The number of fused-ring (bicyclic) bond motifs is 3. The number of benzene rings is 2. The first-order valence-electron chi connectivity index (χ1n) is 9.33. The predicted octanol–water partition coefficient (Wildman–Crippen LogP) is 3.89. The fraction of sp³-hybridized carbons (Fsp3) is 0.318. The van der Waals surface area contributed by atoms with E-state index < -0.39 is 21.1 Å². The average Bonchev–Trinajstić information content (AvgIpc) is 3.05. The normalized spacial score (nSPS) is 18.2. The molecule has 4 heteroatoms. The first kappa shape index (κ1) is 17.5. The highest BCUT2D eigenvalue weighted by Gasteiger charge is 2.54. The minimum Gasteiger partial charge on any atom is -0.267 e. The molecule has 2 nitrogen and oxygen atoms in total. The molecule has 1 aliphatic heterocycles. The van der Waals surface area contributed by atoms with E-state index in [0.29, 0.717) is 5.56 Å². The Hall–Kier alpha value is -1.92. The molecule has 0 atom stereocenters. The Bertz CT molecular complexity index is 1020. The molecule has 2 aromatic rings. The van der Waals surface area contributed by atoms with Gasteiger partial charge in [0, 0.05) is 5.56 Å². The molecule has 2 aromatic carbocycles. The third kappa shape index (κ3) is 1.94. The summed E-state index contributed by atoms with van der Waals surface area (Å²) in [5.74, 6) is -0.514. The molecule has 0 saturated heterocycles. The molecule has 0 fully saturated rings. The van der Waals surface area contributed by atoms with Crippen molar-refractivity contribution in [2.75, 3.05) is 0 Å². The third-order valence-electron chi connectivity index (χ3n) is 7.13. The summed E-state index contributed by atoms with van der Waals surface area (Å²) in [4.78, 5) is 12.6. The standard InChI is InChI=1S/C22H26NOSi2/c1-13-18(17-12-8-10-15-9-7-11-16(15)17)19(22(23)24)21-14(2)20(13)25(3,4)26(21,5)6/h7-8,10-12,23H,9H2,1-6H3. The van der Waals surface area contributed by atoms with Crippen LogP contribution in [0.2, 0.25) is 26.2 Å². The summed E-state index contributed by atoms with van der Waals surface area (Å²) in [5.41, 5.74) is 16.2. The molecule has 26 heavy (non-hydrogen) atoms. The Morgan fingerprint density at radius 1 is 1.00 bits per heavy atom. The van der Waals surface area contributed by atoms with E-state index in [2.05, 4.69) is 70.4 Å². The SMILES string of the molecule is Cc1c(-c2cccc3c2C=CC3)c(C([NH])=O)c2c(C)c1[Si](C)(C)[Si]2(C)C. The van der Waals surface area contributed by atoms with Crippen LogP contribution >= 0.6 is 0 Å². The molecule has 0 spiro atoms. The lowest BCUT2D eigenvalue weighted by molar-refractivity contribution is 0.0993. The Kier molecular flexibility index (Phi) is 3.57. The summed E-state index contributed by atoms with van der Waals surface area (Å²) in [6, 6.07) is 6.41. The lowest BCUT2D eigenvalue weighted by Crippen LogP contribution is -2.64. The van der Waals surface area contributed by atoms with Crippen molar-refractivity contribution in [2.45, 2.75) is 46.5 Å². The number of carbonyl (C=O) groups excluding carboxylic acids is 1. The van der Waals surface area contributed by atoms with Crippen LogP contribution in [0.1, 0.15) is 32.6 Å². The quantitative estimate of drug-likeness (QED) is 0.733. The third-order valence-corrected chi connectivity index (χ3v) is 25.0. The molecule has 0 saturated carbocycles. The van der Waals surface area contributed by atoms with Crippen LogP contribution in [0.5, 0.6) is 0 Å². The first-order chi connectivity index (χ1) is 12.1. The Labute approximate surface area is 157 Å². The Morgan fingerprint density at radius 3 is 2.31 bits per heavy atom. The van der Waals surface area contributed by atoms with E-state index in [-0.39, 0.29) is 0 Å². The lowest BCUT2D eigenvalue weighted by atomic mass is 9.88. The monoisotopic (exact) mass is 376 g/mol. The van der Waals surface area contributed by atoms with Gasteiger partial charge in [-0.3, -0.25) is 10.5 Å². The number of amides is 1. The van der Waals surface area contributed by atoms with Gasteiger partial charge in [-0.05, 0) is 53.3 Å². The highest BCUT2D eigenvalue weighted by molar-refractivity contribution is 7.52. The minimum absolute atomic E-state index is 0.514. The van der Waals surface area contributed by atoms with Crippen molar-refractivity contribution in [3.63, 3.8) is 0 Å². The largest absolute Gasteiger partial charge is 0.270 e. The molecule has 1 aliphatic carbocycles. The molecule has 1 radical (unpaired) electrons. The number of hydrogen-bond donors (Lipinski definition) is 0. The van der Waals surface area contributed by atoms with E-state index in [1.165, 1.54) is 27.4 Å². The molecule has 2 aliphatic rings. The second-order valence-electron chi connectivity index (χ2n) is 8.81. The van der Waals surface area contributed by atoms with Crippen LogP contribution in [0.4, 0.5) is 0 Å². The molecular weight excluding hydrogens is 350 g/mol. The van der Waals surface area contributed by atoms with E-state index in [9.17, 15) is 4.79 Å². The number of allylic oxidation sites excluding steroid dienone is 1. The van der Waals surface area contributed by atoms with Crippen LogP contribution in [0.3, 0.4) is 0 Å². The van der Waals surface area contributed by atoms with Gasteiger partial charge in [-0.25, -0.2) is 0 Å². The molecule has 0 unspecified atom stereocenters. The highest BCUT2D eigenvalue weighted by Crippen LogP contribution is 2.40. The molecule has 4 rings (SSSR count). The first-order valence-corrected chi connectivity index (χ1v) is 16.3. The maximum Gasteiger partial charge on any atom is 0.270 e. The number of carbonyl (C=O) groups is 1. The number of rotatable bonds is 2. The van der Waals surface area contributed by atoms with Gasteiger partial charge in [0.1, 0.15) is 0 Å². The van der Waals surface area contributed by atoms with Crippen LogP contribution in [-0.4, -0.2) is 21.1 Å². The maximum absolute atomic E-state index is 12.6. The predicted molar refractivity (Wildman–Crippen MR) is 116 cm³/mol. The van der Waals surface area contributed by atoms with Crippen LogP contribution in [0.15, 0.2) is 24.3 Å². The van der Waals surface area contributed by atoms with Crippen molar-refractivity contribution in [2.24, 2.45) is 0 Å². The number of hydrogen-bond acceptors (Lipinski definition) is 1. The Balaban J connectivity index is 2.20. The van der Waals surface area contributed by atoms with E-state index >= 15 is 0 Å². The lowest BCUT2D eigenvalue weighted by Gasteiger charge is -2.33. The van der Waals surface area contributed by atoms with Gasteiger partial charge in [0.25, 0.3) is 5.91 Å². The summed E-state index contributed by atoms with van der Waals surface area (Å²) < 4.78 is 0. The van der Waals surface area contributed by atoms with Crippen LogP contribution in [0, 0.1) is 13.8 Å². The van der Waals surface area contributed by atoms with Crippen molar-refractivity contribution >= 4 is 37.5 Å². The van der Waals surface area contributed by atoms with Crippen LogP contribution in [0.25, 0.3) is 17.2 Å². The summed E-state index contributed by atoms with van der Waals surface area (Å²) in [7, 11) is -3.45. The van der Waals surface area contributed by atoms with Crippen molar-refractivity contribution in [1.82, 2.24) is 5.73 Å². The molecule has 2 bridgehead atoms. The van der Waals surface area contributed by atoms with Gasteiger partial charge in [-0.15, -0.1) is 0 Å². The van der Waals surface area contributed by atoms with Gasteiger partial charge >= 0.3 is 0 Å². The second kappa shape index (κ2) is 5.30. The molecule has 1 amide bonds. The zero-order valence-corrected chi connectivity index (χ0v) is 18.5.